The van der Waals surface area contributed by atoms with Crippen molar-refractivity contribution in [3.63, 3.8) is 0 Å². The topological polar surface area (TPSA) is 78.3 Å². The van der Waals surface area contributed by atoms with Gasteiger partial charge in [-0.2, -0.15) is 0 Å². The number of piperidine rings is 1. The lowest BCUT2D eigenvalue weighted by Crippen LogP contribution is -2.39. The van der Waals surface area contributed by atoms with Crippen LogP contribution in [0.1, 0.15) is 18.4 Å². The van der Waals surface area contributed by atoms with Gasteiger partial charge in [-0.25, -0.2) is 9.18 Å². The van der Waals surface area contributed by atoms with E-state index in [1.807, 2.05) is 12.1 Å². The molecule has 1 aliphatic rings. The molecule has 0 radical (unpaired) electrons. The Hall–Kier alpha value is -2.93. The van der Waals surface area contributed by atoms with Crippen molar-refractivity contribution in [2.24, 2.45) is 5.92 Å². The maximum atomic E-state index is 13.0. The molecule has 0 saturated carbocycles. The van der Waals surface area contributed by atoms with E-state index in [-0.39, 0.29) is 11.7 Å². The number of anilines is 1. The third-order valence-electron chi connectivity index (χ3n) is 5.22. The Morgan fingerprint density at radius 2 is 1.93 bits per heavy atom. The van der Waals surface area contributed by atoms with Crippen molar-refractivity contribution in [3.8, 4) is 0 Å². The van der Waals surface area contributed by atoms with Crippen LogP contribution in [0.15, 0.2) is 51.7 Å². The second-order valence-electron chi connectivity index (χ2n) is 7.32. The smallest absolute Gasteiger partial charge is 0.408 e. The number of aromatic nitrogens is 1. The van der Waals surface area contributed by atoms with Gasteiger partial charge in [0.1, 0.15) is 5.82 Å². The summed E-state index contributed by atoms with van der Waals surface area (Å²) >= 11 is 0. The number of rotatable bonds is 5. The first-order chi connectivity index (χ1) is 13.5. The van der Waals surface area contributed by atoms with E-state index in [9.17, 15) is 14.0 Å². The van der Waals surface area contributed by atoms with Crippen molar-refractivity contribution in [2.75, 3.05) is 25.0 Å². The predicted octanol–water partition coefficient (Wildman–Crippen LogP) is 3.15. The van der Waals surface area contributed by atoms with Crippen LogP contribution in [0.2, 0.25) is 0 Å². The van der Waals surface area contributed by atoms with Crippen molar-refractivity contribution < 1.29 is 13.6 Å². The summed E-state index contributed by atoms with van der Waals surface area (Å²) in [6.45, 7) is 2.06. The standard InChI is InChI=1S/C21H22FN3O3/c22-16-3-1-14(2-4-16)11-15-7-9-25(10-8-15)13-20(26)23-17-5-6-18-19(12-17)28-21(27)24-18/h1-6,12,15H,7-11,13H2,(H,23,26)(H,24,27). The average Bonchev–Trinajstić information content (AvgIpc) is 3.04. The van der Waals surface area contributed by atoms with E-state index < -0.39 is 5.76 Å². The fourth-order valence-electron chi connectivity index (χ4n) is 3.73. The normalized spacial score (nSPS) is 15.8. The average molecular weight is 383 g/mol. The van der Waals surface area contributed by atoms with Crippen LogP contribution in [0.25, 0.3) is 11.1 Å². The number of carbonyl (C=O) groups excluding carboxylic acids is 1. The summed E-state index contributed by atoms with van der Waals surface area (Å²) in [6, 6.07) is 11.8. The second kappa shape index (κ2) is 7.98. The highest BCUT2D eigenvalue weighted by molar-refractivity contribution is 5.93. The van der Waals surface area contributed by atoms with Crippen molar-refractivity contribution >= 4 is 22.7 Å². The number of oxazole rings is 1. The quantitative estimate of drug-likeness (QED) is 0.709. The molecule has 4 rings (SSSR count). The Bertz CT molecular complexity index is 1020. The van der Waals surface area contributed by atoms with E-state index in [4.69, 9.17) is 4.42 Å². The molecular formula is C21H22FN3O3. The molecule has 2 N–H and O–H groups in total. The molecule has 1 fully saturated rings. The third kappa shape index (κ3) is 4.48. The van der Waals surface area contributed by atoms with Crippen molar-refractivity contribution in [3.05, 3.63) is 64.4 Å². The number of benzene rings is 2. The Labute approximate surface area is 161 Å². The number of likely N-dealkylation sites (tertiary alicyclic amines) is 1. The molecule has 3 aromatic rings. The van der Waals surface area contributed by atoms with Crippen LogP contribution >= 0.6 is 0 Å². The van der Waals surface area contributed by atoms with Gasteiger partial charge in [0, 0.05) is 11.8 Å². The molecule has 2 aromatic carbocycles. The number of hydrogen-bond donors (Lipinski definition) is 2. The van der Waals surface area contributed by atoms with Crippen molar-refractivity contribution in [1.29, 1.82) is 0 Å². The summed E-state index contributed by atoms with van der Waals surface area (Å²) in [5.41, 5.74) is 2.78. The number of halogens is 1. The van der Waals surface area contributed by atoms with E-state index in [1.165, 1.54) is 12.1 Å². The number of aromatic amines is 1. The van der Waals surface area contributed by atoms with Gasteiger partial charge in [-0.1, -0.05) is 12.1 Å². The van der Waals surface area contributed by atoms with Crippen LogP contribution in [-0.4, -0.2) is 35.4 Å². The first-order valence-corrected chi connectivity index (χ1v) is 9.45. The molecule has 0 spiro atoms. The van der Waals surface area contributed by atoms with Crippen LogP contribution in [0.4, 0.5) is 10.1 Å². The molecule has 1 saturated heterocycles. The molecule has 1 aliphatic heterocycles. The Kier molecular flexibility index (Phi) is 5.25. The molecule has 28 heavy (non-hydrogen) atoms. The van der Waals surface area contributed by atoms with Gasteiger partial charge in [0.25, 0.3) is 0 Å². The molecule has 146 valence electrons. The fourth-order valence-corrected chi connectivity index (χ4v) is 3.73. The number of carbonyl (C=O) groups is 1. The maximum Gasteiger partial charge on any atom is 0.417 e. The highest BCUT2D eigenvalue weighted by atomic mass is 19.1. The number of amides is 1. The highest BCUT2D eigenvalue weighted by Gasteiger charge is 2.21. The van der Waals surface area contributed by atoms with Gasteiger partial charge in [-0.3, -0.25) is 14.7 Å². The lowest BCUT2D eigenvalue weighted by Gasteiger charge is -2.31. The van der Waals surface area contributed by atoms with E-state index in [0.29, 0.717) is 29.2 Å². The number of nitrogens with one attached hydrogen (secondary N) is 2. The summed E-state index contributed by atoms with van der Waals surface area (Å²) in [4.78, 5) is 28.3. The number of H-pyrrole nitrogens is 1. The van der Waals surface area contributed by atoms with Gasteiger partial charge >= 0.3 is 5.76 Å². The van der Waals surface area contributed by atoms with Gasteiger partial charge in [0.2, 0.25) is 5.91 Å². The summed E-state index contributed by atoms with van der Waals surface area (Å²) in [7, 11) is 0. The van der Waals surface area contributed by atoms with Crippen LogP contribution in [0.3, 0.4) is 0 Å². The van der Waals surface area contributed by atoms with Gasteiger partial charge < -0.3 is 9.73 Å². The molecule has 7 heteroatoms. The maximum absolute atomic E-state index is 13.0. The van der Waals surface area contributed by atoms with E-state index in [1.54, 1.807) is 18.2 Å². The number of nitrogens with zero attached hydrogens (tertiary/aromatic N) is 1. The van der Waals surface area contributed by atoms with Crippen LogP contribution in [0.5, 0.6) is 0 Å². The largest absolute Gasteiger partial charge is 0.417 e. The van der Waals surface area contributed by atoms with Crippen LogP contribution in [-0.2, 0) is 11.2 Å². The molecule has 1 amide bonds. The monoisotopic (exact) mass is 383 g/mol. The fraction of sp³-hybridized carbons (Fsp3) is 0.333. The van der Waals surface area contributed by atoms with Gasteiger partial charge in [0.05, 0.1) is 12.1 Å². The summed E-state index contributed by atoms with van der Waals surface area (Å²) in [5.74, 6) is -0.248. The van der Waals surface area contributed by atoms with Gasteiger partial charge in [-0.05, 0) is 68.1 Å². The zero-order valence-corrected chi connectivity index (χ0v) is 15.4. The molecule has 1 aromatic heterocycles. The molecule has 0 aliphatic carbocycles. The number of hydrogen-bond acceptors (Lipinski definition) is 4. The molecule has 0 bridgehead atoms. The highest BCUT2D eigenvalue weighted by Crippen LogP contribution is 2.22. The Balaban J connectivity index is 1.26. The van der Waals surface area contributed by atoms with E-state index >= 15 is 0 Å². The lowest BCUT2D eigenvalue weighted by molar-refractivity contribution is -0.117. The Morgan fingerprint density at radius 3 is 2.68 bits per heavy atom. The van der Waals surface area contributed by atoms with Crippen LogP contribution in [0, 0.1) is 11.7 Å². The summed E-state index contributed by atoms with van der Waals surface area (Å²) in [5, 5.41) is 2.85. The molecule has 0 unspecified atom stereocenters. The van der Waals surface area contributed by atoms with Crippen molar-refractivity contribution in [2.45, 2.75) is 19.3 Å². The molecule has 0 atom stereocenters. The minimum absolute atomic E-state index is 0.0887. The van der Waals surface area contributed by atoms with E-state index in [0.717, 1.165) is 37.9 Å². The Morgan fingerprint density at radius 1 is 1.18 bits per heavy atom. The molecular weight excluding hydrogens is 361 g/mol. The SMILES string of the molecule is O=C(CN1CCC(Cc2ccc(F)cc2)CC1)Nc1ccc2[nH]c(=O)oc2c1. The second-order valence-corrected chi connectivity index (χ2v) is 7.32. The van der Waals surface area contributed by atoms with E-state index in [2.05, 4.69) is 15.2 Å². The summed E-state index contributed by atoms with van der Waals surface area (Å²) in [6.07, 6.45) is 2.98. The minimum Gasteiger partial charge on any atom is -0.408 e. The first kappa shape index (κ1) is 18.4. The molecule has 6 nitrogen and oxygen atoms in total. The van der Waals surface area contributed by atoms with Crippen LogP contribution < -0.4 is 11.1 Å². The minimum atomic E-state index is -0.512. The first-order valence-electron chi connectivity index (χ1n) is 9.45. The zero-order chi connectivity index (χ0) is 19.5. The third-order valence-corrected chi connectivity index (χ3v) is 5.22. The zero-order valence-electron chi connectivity index (χ0n) is 15.4. The predicted molar refractivity (Wildman–Crippen MR) is 105 cm³/mol. The number of fused-ring (bicyclic) bond motifs is 1. The van der Waals surface area contributed by atoms with Gasteiger partial charge in [0.15, 0.2) is 5.58 Å². The van der Waals surface area contributed by atoms with Gasteiger partial charge in [-0.15, -0.1) is 0 Å². The summed E-state index contributed by atoms with van der Waals surface area (Å²) < 4.78 is 18.0. The lowest BCUT2D eigenvalue weighted by atomic mass is 9.90. The molecule has 2 heterocycles. The van der Waals surface area contributed by atoms with Crippen molar-refractivity contribution in [1.82, 2.24) is 9.88 Å².